The molecule has 2 N–H and O–H groups in total. The van der Waals surface area contributed by atoms with Gasteiger partial charge in [-0.15, -0.1) is 10.2 Å². The number of nitrogens with zero attached hydrogens (tertiary/aromatic N) is 4. The summed E-state index contributed by atoms with van der Waals surface area (Å²) in [5.41, 5.74) is 0.311. The number of hydrogen-bond acceptors (Lipinski definition) is 9. The average molecular weight is 373 g/mol. The van der Waals surface area contributed by atoms with E-state index in [-0.39, 0.29) is 5.88 Å². The zero-order valence-corrected chi connectivity index (χ0v) is 14.7. The molecule has 3 heterocycles. The fraction of sp³-hybridized carbons (Fsp3) is 0.133. The van der Waals surface area contributed by atoms with Crippen molar-refractivity contribution in [3.63, 3.8) is 0 Å². The van der Waals surface area contributed by atoms with Gasteiger partial charge in [0.1, 0.15) is 15.6 Å². The molecule has 10 heteroatoms. The number of carbonyl (C=O) groups is 1. The molecule has 2 aromatic heterocycles. The molecule has 25 heavy (non-hydrogen) atoms. The number of amides is 1. The second-order valence-electron chi connectivity index (χ2n) is 5.10. The van der Waals surface area contributed by atoms with Crippen molar-refractivity contribution in [3.8, 4) is 11.6 Å². The van der Waals surface area contributed by atoms with E-state index in [2.05, 4.69) is 25.5 Å². The molecule has 4 rings (SSSR count). The fourth-order valence-electron chi connectivity index (χ4n) is 2.41. The molecule has 0 radical (unpaired) electrons. The minimum Gasteiger partial charge on any atom is -0.497 e. The number of thiazole rings is 1. The Hall–Kier alpha value is -2.85. The van der Waals surface area contributed by atoms with Crippen LogP contribution in [0.4, 0.5) is 10.3 Å². The third-order valence-electron chi connectivity index (χ3n) is 3.49. The van der Waals surface area contributed by atoms with Crippen LogP contribution in [-0.2, 0) is 4.79 Å². The Morgan fingerprint density at radius 2 is 2.04 bits per heavy atom. The van der Waals surface area contributed by atoms with Gasteiger partial charge in [0, 0.05) is 5.22 Å². The lowest BCUT2D eigenvalue weighted by atomic mass is 10.1. The van der Waals surface area contributed by atoms with Crippen LogP contribution >= 0.6 is 22.7 Å². The number of aryl methyl sites for hydroxylation is 1. The normalized spacial score (nSPS) is 12.9. The first-order chi connectivity index (χ1) is 12.0. The van der Waals surface area contributed by atoms with Crippen LogP contribution in [0.15, 0.2) is 23.2 Å². The number of benzene rings is 1. The van der Waals surface area contributed by atoms with Crippen LogP contribution in [0.2, 0.25) is 0 Å². The molecule has 0 atom stereocenters. The maximum Gasteiger partial charge on any atom is 0.279 e. The van der Waals surface area contributed by atoms with Crippen molar-refractivity contribution < 1.29 is 14.6 Å². The summed E-state index contributed by atoms with van der Waals surface area (Å²) in [7, 11) is 1.55. The zero-order valence-electron chi connectivity index (χ0n) is 13.1. The van der Waals surface area contributed by atoms with Gasteiger partial charge in [-0.05, 0) is 25.1 Å². The lowest BCUT2D eigenvalue weighted by Crippen LogP contribution is -2.23. The average Bonchev–Trinajstić information content (AvgIpc) is 3.24. The number of aromatic nitrogens is 3. The van der Waals surface area contributed by atoms with E-state index in [1.165, 1.54) is 11.3 Å². The molecule has 1 aromatic carbocycles. The molecule has 8 nitrogen and oxygen atoms in total. The highest BCUT2D eigenvalue weighted by Crippen LogP contribution is 2.35. The van der Waals surface area contributed by atoms with E-state index in [4.69, 9.17) is 4.74 Å². The molecule has 1 amide bonds. The molecule has 1 aliphatic rings. The van der Waals surface area contributed by atoms with Crippen LogP contribution in [0, 0.1) is 6.92 Å². The number of methoxy groups -OCH3 is 1. The number of aromatic hydroxyl groups is 1. The minimum atomic E-state index is -0.416. The van der Waals surface area contributed by atoms with E-state index in [0.29, 0.717) is 37.0 Å². The lowest BCUT2D eigenvalue weighted by molar-refractivity contribution is -0.112. The van der Waals surface area contributed by atoms with Gasteiger partial charge in [-0.25, -0.2) is 4.99 Å². The molecule has 126 valence electrons. The highest BCUT2D eigenvalue weighted by atomic mass is 32.1. The smallest absolute Gasteiger partial charge is 0.279 e. The first-order valence-corrected chi connectivity index (χ1v) is 8.77. The molecule has 1 aliphatic heterocycles. The predicted octanol–water partition coefficient (Wildman–Crippen LogP) is 1.12. The summed E-state index contributed by atoms with van der Waals surface area (Å²) < 4.78 is 5.21. The number of anilines is 2. The number of rotatable bonds is 4. The molecule has 3 aromatic rings. The van der Waals surface area contributed by atoms with E-state index in [1.54, 1.807) is 25.3 Å². The van der Waals surface area contributed by atoms with Gasteiger partial charge in [0.05, 0.1) is 18.0 Å². The molecule has 0 spiro atoms. The van der Waals surface area contributed by atoms with Crippen LogP contribution in [0.5, 0.6) is 11.6 Å². The van der Waals surface area contributed by atoms with E-state index in [0.717, 1.165) is 16.3 Å². The summed E-state index contributed by atoms with van der Waals surface area (Å²) >= 11 is 2.52. The Morgan fingerprint density at radius 1 is 1.20 bits per heavy atom. The number of ether oxygens (including phenoxy) is 1. The zero-order chi connectivity index (χ0) is 17.6. The van der Waals surface area contributed by atoms with Gasteiger partial charge >= 0.3 is 0 Å². The third kappa shape index (κ3) is 2.75. The Bertz CT molecular complexity index is 1120. The van der Waals surface area contributed by atoms with Crippen molar-refractivity contribution >= 4 is 44.4 Å². The van der Waals surface area contributed by atoms with Crippen LogP contribution < -0.4 is 20.6 Å². The van der Waals surface area contributed by atoms with Gasteiger partial charge in [-0.2, -0.15) is 4.98 Å². The monoisotopic (exact) mass is 373 g/mol. The Balaban J connectivity index is 1.81. The van der Waals surface area contributed by atoms with Gasteiger partial charge in [-0.3, -0.25) is 4.79 Å². The van der Waals surface area contributed by atoms with E-state index in [1.807, 2.05) is 6.92 Å². The van der Waals surface area contributed by atoms with Crippen LogP contribution in [-0.4, -0.2) is 33.3 Å². The summed E-state index contributed by atoms with van der Waals surface area (Å²) in [6, 6.07) is 5.16. The Labute approximate surface area is 149 Å². The SMILES string of the molecule is COc1ccc2c(c1)=C(c1sc(Nc3nnc(C)s3)nc1O)C(=O)N=2. The Kier molecular flexibility index (Phi) is 3.70. The highest BCUT2D eigenvalue weighted by molar-refractivity contribution is 7.18. The van der Waals surface area contributed by atoms with E-state index < -0.39 is 5.91 Å². The number of carbonyl (C=O) groups excluding carboxylic acids is 1. The Morgan fingerprint density at radius 3 is 2.76 bits per heavy atom. The predicted molar refractivity (Wildman–Crippen MR) is 93.0 cm³/mol. The van der Waals surface area contributed by atoms with Crippen molar-refractivity contribution in [2.45, 2.75) is 6.92 Å². The summed E-state index contributed by atoms with van der Waals surface area (Å²) in [5, 5.41) is 24.0. The first-order valence-electron chi connectivity index (χ1n) is 7.14. The van der Waals surface area contributed by atoms with Gasteiger partial charge in [0.15, 0.2) is 5.13 Å². The second-order valence-corrected chi connectivity index (χ2v) is 7.28. The van der Waals surface area contributed by atoms with Gasteiger partial charge in [0.2, 0.25) is 11.0 Å². The maximum atomic E-state index is 12.3. The largest absolute Gasteiger partial charge is 0.497 e. The van der Waals surface area contributed by atoms with Crippen molar-refractivity contribution in [2.24, 2.45) is 4.99 Å². The first kappa shape index (κ1) is 15.7. The summed E-state index contributed by atoms with van der Waals surface area (Å²) in [6.45, 7) is 1.84. The van der Waals surface area contributed by atoms with Crippen LogP contribution in [0.1, 0.15) is 9.88 Å². The third-order valence-corrected chi connectivity index (χ3v) is 5.22. The molecular formula is C15H11N5O3S2. The summed E-state index contributed by atoms with van der Waals surface area (Å²) in [5.74, 6) is -0.0451. The molecule has 0 saturated heterocycles. The quantitative estimate of drug-likeness (QED) is 0.705. The lowest BCUT2D eigenvalue weighted by Gasteiger charge is -1.99. The second kappa shape index (κ2) is 5.90. The number of nitrogens with one attached hydrogen (secondary N) is 1. The highest BCUT2D eigenvalue weighted by Gasteiger charge is 2.25. The van der Waals surface area contributed by atoms with Crippen molar-refractivity contribution in [1.29, 1.82) is 0 Å². The van der Waals surface area contributed by atoms with Crippen molar-refractivity contribution in [2.75, 3.05) is 12.4 Å². The molecular weight excluding hydrogens is 362 g/mol. The molecule has 0 aliphatic carbocycles. The van der Waals surface area contributed by atoms with Gasteiger partial charge < -0.3 is 15.2 Å². The van der Waals surface area contributed by atoms with Gasteiger partial charge in [-0.1, -0.05) is 22.7 Å². The van der Waals surface area contributed by atoms with E-state index in [9.17, 15) is 9.90 Å². The van der Waals surface area contributed by atoms with Crippen LogP contribution in [0.25, 0.3) is 5.57 Å². The molecule has 0 fully saturated rings. The minimum absolute atomic E-state index is 0.233. The van der Waals surface area contributed by atoms with Gasteiger partial charge in [0.25, 0.3) is 5.91 Å². The molecule has 0 unspecified atom stereocenters. The standard InChI is InChI=1S/C15H11N5O3S2/c1-6-19-20-15(24-6)18-14-17-13(22)11(25-14)10-8-5-7(23-2)3-4-9(8)16-12(10)21/h3-5,22H,1-2H3,(H,17,18,20). The fourth-order valence-corrected chi connectivity index (χ4v) is 3.97. The topological polar surface area (TPSA) is 110 Å². The van der Waals surface area contributed by atoms with Crippen LogP contribution in [0.3, 0.4) is 0 Å². The van der Waals surface area contributed by atoms with E-state index >= 15 is 0 Å². The van der Waals surface area contributed by atoms with Crippen molar-refractivity contribution in [1.82, 2.24) is 15.2 Å². The maximum absolute atomic E-state index is 12.3. The van der Waals surface area contributed by atoms with Crippen molar-refractivity contribution in [3.05, 3.63) is 38.7 Å². The summed E-state index contributed by atoms with van der Waals surface area (Å²) in [6.07, 6.45) is 0. The molecule has 0 bridgehead atoms. The molecule has 0 saturated carbocycles. The number of hydrogen-bond donors (Lipinski definition) is 2. The number of fused-ring (bicyclic) bond motifs is 1. The summed E-state index contributed by atoms with van der Waals surface area (Å²) in [4.78, 5) is 20.8.